The van der Waals surface area contributed by atoms with E-state index in [1.807, 2.05) is 6.92 Å². The molecule has 2 amide bonds. The lowest BCUT2D eigenvalue weighted by molar-refractivity contribution is 0.183. The van der Waals surface area contributed by atoms with Crippen LogP contribution in [0.2, 0.25) is 0 Å². The van der Waals surface area contributed by atoms with Crippen LogP contribution in [0.4, 0.5) is 9.18 Å². The molecule has 0 radical (unpaired) electrons. The fourth-order valence-electron chi connectivity index (χ4n) is 1.71. The van der Waals surface area contributed by atoms with Crippen LogP contribution in [-0.2, 0) is 6.42 Å². The standard InChI is InChI=1S/C14H21FN2O2/c1-10-9-13(15)4-3-12(10)6-8-17-14(19)16-7-5-11(2)18/h3-4,9,11,18H,5-8H2,1-2H3,(H2,16,17,19). The molecular weight excluding hydrogens is 247 g/mol. The molecule has 106 valence electrons. The summed E-state index contributed by atoms with van der Waals surface area (Å²) in [6, 6.07) is 4.39. The summed E-state index contributed by atoms with van der Waals surface area (Å²) in [7, 11) is 0. The van der Waals surface area contributed by atoms with Crippen molar-refractivity contribution in [3.8, 4) is 0 Å². The molecule has 3 N–H and O–H groups in total. The predicted octanol–water partition coefficient (Wildman–Crippen LogP) is 1.75. The van der Waals surface area contributed by atoms with Crippen molar-refractivity contribution in [1.82, 2.24) is 10.6 Å². The second-order valence-corrected chi connectivity index (χ2v) is 4.64. The van der Waals surface area contributed by atoms with Crippen LogP contribution in [-0.4, -0.2) is 30.3 Å². The highest BCUT2D eigenvalue weighted by atomic mass is 19.1. The Labute approximate surface area is 113 Å². The Morgan fingerprint density at radius 2 is 2.05 bits per heavy atom. The zero-order valence-electron chi connectivity index (χ0n) is 11.4. The second kappa shape index (κ2) is 7.74. The molecule has 0 bridgehead atoms. The summed E-state index contributed by atoms with van der Waals surface area (Å²) in [6.07, 6.45) is 0.780. The van der Waals surface area contributed by atoms with Crippen LogP contribution in [0.25, 0.3) is 0 Å². The maximum Gasteiger partial charge on any atom is 0.314 e. The van der Waals surface area contributed by atoms with E-state index in [2.05, 4.69) is 10.6 Å². The Bertz CT molecular complexity index is 422. The number of carbonyl (C=O) groups excluding carboxylic acids is 1. The lowest BCUT2D eigenvalue weighted by Crippen LogP contribution is -2.37. The van der Waals surface area contributed by atoms with E-state index >= 15 is 0 Å². The highest BCUT2D eigenvalue weighted by Gasteiger charge is 2.03. The van der Waals surface area contributed by atoms with Gasteiger partial charge in [0.2, 0.25) is 0 Å². The smallest absolute Gasteiger partial charge is 0.314 e. The fraction of sp³-hybridized carbons (Fsp3) is 0.500. The zero-order valence-corrected chi connectivity index (χ0v) is 11.4. The molecule has 0 aliphatic carbocycles. The molecule has 1 aromatic carbocycles. The van der Waals surface area contributed by atoms with E-state index in [-0.39, 0.29) is 11.8 Å². The lowest BCUT2D eigenvalue weighted by Gasteiger charge is -2.09. The van der Waals surface area contributed by atoms with Crippen molar-refractivity contribution in [1.29, 1.82) is 0 Å². The lowest BCUT2D eigenvalue weighted by atomic mass is 10.1. The molecule has 0 saturated carbocycles. The van der Waals surface area contributed by atoms with Gasteiger partial charge in [0.25, 0.3) is 0 Å². The summed E-state index contributed by atoms with van der Waals surface area (Å²) in [5.41, 5.74) is 1.90. The van der Waals surface area contributed by atoms with Gasteiger partial charge < -0.3 is 15.7 Å². The van der Waals surface area contributed by atoms with Crippen molar-refractivity contribution in [2.24, 2.45) is 0 Å². The zero-order chi connectivity index (χ0) is 14.3. The minimum Gasteiger partial charge on any atom is -0.393 e. The SMILES string of the molecule is Cc1cc(F)ccc1CCNC(=O)NCCC(C)O. The van der Waals surface area contributed by atoms with Gasteiger partial charge >= 0.3 is 6.03 Å². The average molecular weight is 268 g/mol. The highest BCUT2D eigenvalue weighted by Crippen LogP contribution is 2.10. The second-order valence-electron chi connectivity index (χ2n) is 4.64. The maximum atomic E-state index is 12.9. The number of carbonyl (C=O) groups is 1. The van der Waals surface area contributed by atoms with Gasteiger partial charge in [-0.05, 0) is 49.9 Å². The number of nitrogens with one attached hydrogen (secondary N) is 2. The summed E-state index contributed by atoms with van der Waals surface area (Å²) in [5, 5.41) is 14.4. The first kappa shape index (κ1) is 15.4. The van der Waals surface area contributed by atoms with Crippen LogP contribution in [0.1, 0.15) is 24.5 Å². The van der Waals surface area contributed by atoms with E-state index in [1.165, 1.54) is 12.1 Å². The molecule has 0 fully saturated rings. The Balaban J connectivity index is 2.24. The van der Waals surface area contributed by atoms with Gasteiger partial charge in [-0.15, -0.1) is 0 Å². The molecule has 0 saturated heterocycles. The monoisotopic (exact) mass is 268 g/mol. The van der Waals surface area contributed by atoms with Gasteiger partial charge in [-0.2, -0.15) is 0 Å². The highest BCUT2D eigenvalue weighted by molar-refractivity contribution is 5.73. The van der Waals surface area contributed by atoms with E-state index < -0.39 is 6.10 Å². The quantitative estimate of drug-likeness (QED) is 0.736. The third kappa shape index (κ3) is 6.20. The van der Waals surface area contributed by atoms with Crippen LogP contribution in [0, 0.1) is 12.7 Å². The first-order chi connectivity index (χ1) is 8.99. The number of aliphatic hydroxyl groups excluding tert-OH is 1. The summed E-state index contributed by atoms with van der Waals surface area (Å²) >= 11 is 0. The van der Waals surface area contributed by atoms with Crippen LogP contribution < -0.4 is 10.6 Å². The number of rotatable bonds is 6. The molecule has 0 heterocycles. The topological polar surface area (TPSA) is 61.4 Å². The van der Waals surface area contributed by atoms with E-state index in [1.54, 1.807) is 13.0 Å². The Hall–Kier alpha value is -1.62. The third-order valence-electron chi connectivity index (χ3n) is 2.83. The molecule has 1 rings (SSSR count). The number of hydrogen-bond donors (Lipinski definition) is 3. The Morgan fingerprint density at radius 1 is 1.37 bits per heavy atom. The summed E-state index contributed by atoms with van der Waals surface area (Å²) < 4.78 is 12.9. The number of amides is 2. The van der Waals surface area contributed by atoms with Crippen LogP contribution in [0.15, 0.2) is 18.2 Å². The van der Waals surface area contributed by atoms with Crippen molar-refractivity contribution in [3.63, 3.8) is 0 Å². The van der Waals surface area contributed by atoms with E-state index in [4.69, 9.17) is 5.11 Å². The van der Waals surface area contributed by atoms with E-state index in [9.17, 15) is 9.18 Å². The molecular formula is C14H21FN2O2. The normalized spacial score (nSPS) is 12.0. The van der Waals surface area contributed by atoms with Gasteiger partial charge in [0.15, 0.2) is 0 Å². The molecule has 19 heavy (non-hydrogen) atoms. The summed E-state index contributed by atoms with van der Waals surface area (Å²) in [6.45, 7) is 4.46. The third-order valence-corrected chi connectivity index (χ3v) is 2.83. The molecule has 5 heteroatoms. The molecule has 0 aliphatic heterocycles. The predicted molar refractivity (Wildman–Crippen MR) is 72.5 cm³/mol. The maximum absolute atomic E-state index is 12.9. The molecule has 0 aromatic heterocycles. The number of aliphatic hydroxyl groups is 1. The summed E-state index contributed by atoms with van der Waals surface area (Å²) in [5.74, 6) is -0.245. The number of aryl methyl sites for hydroxylation is 1. The van der Waals surface area contributed by atoms with Crippen molar-refractivity contribution in [2.45, 2.75) is 32.8 Å². The molecule has 1 atom stereocenters. The van der Waals surface area contributed by atoms with Crippen molar-refractivity contribution in [2.75, 3.05) is 13.1 Å². The number of halogens is 1. The van der Waals surface area contributed by atoms with Gasteiger partial charge in [0.05, 0.1) is 6.10 Å². The van der Waals surface area contributed by atoms with Gasteiger partial charge in [-0.25, -0.2) is 9.18 Å². The van der Waals surface area contributed by atoms with Crippen molar-refractivity contribution in [3.05, 3.63) is 35.1 Å². The average Bonchev–Trinajstić information content (AvgIpc) is 2.31. The Kier molecular flexibility index (Phi) is 6.29. The van der Waals surface area contributed by atoms with Gasteiger partial charge in [-0.3, -0.25) is 0 Å². The van der Waals surface area contributed by atoms with Gasteiger partial charge in [-0.1, -0.05) is 6.07 Å². The molecule has 0 spiro atoms. The van der Waals surface area contributed by atoms with Gasteiger partial charge in [0.1, 0.15) is 5.82 Å². The van der Waals surface area contributed by atoms with Crippen LogP contribution in [0.3, 0.4) is 0 Å². The number of hydrogen-bond acceptors (Lipinski definition) is 2. The minimum absolute atomic E-state index is 0.245. The van der Waals surface area contributed by atoms with Crippen LogP contribution >= 0.6 is 0 Å². The van der Waals surface area contributed by atoms with Crippen molar-refractivity contribution < 1.29 is 14.3 Å². The number of urea groups is 1. The van der Waals surface area contributed by atoms with E-state index in [0.717, 1.165) is 11.1 Å². The fourth-order valence-corrected chi connectivity index (χ4v) is 1.71. The minimum atomic E-state index is -0.415. The first-order valence-electron chi connectivity index (χ1n) is 6.44. The van der Waals surface area contributed by atoms with Gasteiger partial charge in [0, 0.05) is 13.1 Å². The van der Waals surface area contributed by atoms with Crippen LogP contribution in [0.5, 0.6) is 0 Å². The molecule has 4 nitrogen and oxygen atoms in total. The molecule has 1 unspecified atom stereocenters. The largest absolute Gasteiger partial charge is 0.393 e. The van der Waals surface area contributed by atoms with E-state index in [0.29, 0.717) is 25.9 Å². The first-order valence-corrected chi connectivity index (χ1v) is 6.44. The Morgan fingerprint density at radius 3 is 2.68 bits per heavy atom. The van der Waals surface area contributed by atoms with Crippen molar-refractivity contribution >= 4 is 6.03 Å². The molecule has 0 aliphatic rings. The number of benzene rings is 1. The molecule has 1 aromatic rings. The summed E-state index contributed by atoms with van der Waals surface area (Å²) in [4.78, 5) is 11.4.